The topological polar surface area (TPSA) is 65.1 Å². The van der Waals surface area contributed by atoms with Crippen molar-refractivity contribution in [3.8, 4) is 0 Å². The SMILES string of the molecule is Cc1cccc(N2C[C@@H](C)Cn3c2nc2c3c(=O)n(Cc3ccc(Cl)c(Cl)c3)c(=O)n2C)c1. The van der Waals surface area contributed by atoms with Crippen molar-refractivity contribution >= 4 is 46.0 Å². The van der Waals surface area contributed by atoms with Crippen molar-refractivity contribution in [2.24, 2.45) is 13.0 Å². The molecule has 5 rings (SSSR count). The molecule has 0 radical (unpaired) electrons. The highest BCUT2D eigenvalue weighted by Gasteiger charge is 2.30. The molecule has 0 fully saturated rings. The van der Waals surface area contributed by atoms with Gasteiger partial charge >= 0.3 is 5.69 Å². The maximum absolute atomic E-state index is 13.6. The van der Waals surface area contributed by atoms with Crippen molar-refractivity contribution in [1.29, 1.82) is 0 Å². The standard InChI is InChI=1S/C24H23Cl2N5O2/c1-14-5-4-6-17(9-14)29-11-15(2)12-30-20-21(27-23(29)30)28(3)24(33)31(22(20)32)13-16-7-8-18(25)19(26)10-16/h4-10,15H,11-13H2,1-3H3/t15-/m1/s1. The highest BCUT2D eigenvalue weighted by Crippen LogP contribution is 2.33. The lowest BCUT2D eigenvalue weighted by Gasteiger charge is -2.33. The van der Waals surface area contributed by atoms with Gasteiger partial charge in [-0.25, -0.2) is 4.79 Å². The molecule has 0 saturated heterocycles. The van der Waals surface area contributed by atoms with Gasteiger partial charge < -0.3 is 9.47 Å². The first-order valence-corrected chi connectivity index (χ1v) is 11.5. The second-order valence-electron chi connectivity index (χ2n) is 8.73. The highest BCUT2D eigenvalue weighted by molar-refractivity contribution is 6.42. The Balaban J connectivity index is 1.71. The van der Waals surface area contributed by atoms with Gasteiger partial charge in [0.05, 0.1) is 16.6 Å². The molecule has 33 heavy (non-hydrogen) atoms. The molecule has 3 heterocycles. The average molecular weight is 484 g/mol. The predicted octanol–water partition coefficient (Wildman–Crippen LogP) is 4.35. The first kappa shape index (κ1) is 21.8. The fourth-order valence-corrected chi connectivity index (χ4v) is 4.80. The fraction of sp³-hybridized carbons (Fsp3) is 0.292. The number of anilines is 2. The Kier molecular flexibility index (Phi) is 5.34. The van der Waals surface area contributed by atoms with Crippen LogP contribution in [0.2, 0.25) is 10.0 Å². The van der Waals surface area contributed by atoms with Crippen LogP contribution in [0.4, 0.5) is 11.6 Å². The Morgan fingerprint density at radius 2 is 1.85 bits per heavy atom. The average Bonchev–Trinajstić information content (AvgIpc) is 3.16. The molecular formula is C24H23Cl2N5O2. The predicted molar refractivity (Wildman–Crippen MR) is 132 cm³/mol. The van der Waals surface area contributed by atoms with Crippen LogP contribution in [-0.2, 0) is 20.1 Å². The molecule has 1 atom stereocenters. The lowest BCUT2D eigenvalue weighted by Crippen LogP contribution is -2.40. The summed E-state index contributed by atoms with van der Waals surface area (Å²) in [5.74, 6) is 0.962. The maximum Gasteiger partial charge on any atom is 0.332 e. The summed E-state index contributed by atoms with van der Waals surface area (Å²) < 4.78 is 4.62. The summed E-state index contributed by atoms with van der Waals surface area (Å²) in [4.78, 5) is 33.6. The summed E-state index contributed by atoms with van der Waals surface area (Å²) in [6, 6.07) is 13.3. The molecule has 7 nitrogen and oxygen atoms in total. The minimum absolute atomic E-state index is 0.0933. The van der Waals surface area contributed by atoms with E-state index in [9.17, 15) is 9.59 Å². The Bertz CT molecular complexity index is 1520. The highest BCUT2D eigenvalue weighted by atomic mass is 35.5. The van der Waals surface area contributed by atoms with Gasteiger partial charge in [-0.3, -0.25) is 13.9 Å². The first-order valence-electron chi connectivity index (χ1n) is 10.7. The monoisotopic (exact) mass is 483 g/mol. The second kappa shape index (κ2) is 8.08. The molecule has 1 aliphatic rings. The molecule has 0 unspecified atom stereocenters. The minimum Gasteiger partial charge on any atom is -0.312 e. The Morgan fingerprint density at radius 3 is 2.58 bits per heavy atom. The molecule has 2 aromatic heterocycles. The van der Waals surface area contributed by atoms with Crippen LogP contribution in [0.1, 0.15) is 18.1 Å². The van der Waals surface area contributed by atoms with Crippen LogP contribution in [0, 0.1) is 12.8 Å². The summed E-state index contributed by atoms with van der Waals surface area (Å²) in [5.41, 5.74) is 2.90. The Labute approximate surface area is 200 Å². The van der Waals surface area contributed by atoms with Crippen molar-refractivity contribution in [1.82, 2.24) is 18.7 Å². The van der Waals surface area contributed by atoms with E-state index in [2.05, 4.69) is 17.9 Å². The zero-order chi connectivity index (χ0) is 23.4. The van der Waals surface area contributed by atoms with Gasteiger partial charge in [0.2, 0.25) is 5.95 Å². The summed E-state index contributed by atoms with van der Waals surface area (Å²) in [7, 11) is 1.65. The van der Waals surface area contributed by atoms with Gasteiger partial charge in [0.15, 0.2) is 11.2 Å². The molecule has 0 aliphatic carbocycles. The van der Waals surface area contributed by atoms with Crippen LogP contribution < -0.4 is 16.1 Å². The number of hydrogen-bond acceptors (Lipinski definition) is 4. The summed E-state index contributed by atoms with van der Waals surface area (Å²) in [5, 5.41) is 0.802. The van der Waals surface area contributed by atoms with E-state index in [0.717, 1.165) is 23.4 Å². The molecular weight excluding hydrogens is 461 g/mol. The largest absolute Gasteiger partial charge is 0.332 e. The third-order valence-corrected chi connectivity index (χ3v) is 6.82. The van der Waals surface area contributed by atoms with Crippen molar-refractivity contribution < 1.29 is 0 Å². The zero-order valence-corrected chi connectivity index (χ0v) is 20.1. The lowest BCUT2D eigenvalue weighted by atomic mass is 10.1. The van der Waals surface area contributed by atoms with Gasteiger partial charge in [0.1, 0.15) is 0 Å². The van der Waals surface area contributed by atoms with Gasteiger partial charge in [-0.2, -0.15) is 4.98 Å². The molecule has 1 aliphatic heterocycles. The van der Waals surface area contributed by atoms with E-state index in [-0.39, 0.29) is 18.0 Å². The summed E-state index contributed by atoms with van der Waals surface area (Å²) >= 11 is 12.2. The Hall–Kier alpha value is -3.03. The maximum atomic E-state index is 13.6. The van der Waals surface area contributed by atoms with Gasteiger partial charge in [-0.05, 0) is 48.2 Å². The smallest absolute Gasteiger partial charge is 0.312 e. The number of nitrogens with zero attached hydrogens (tertiary/aromatic N) is 5. The number of aryl methyl sites for hydroxylation is 2. The van der Waals surface area contributed by atoms with Crippen LogP contribution in [0.15, 0.2) is 52.1 Å². The molecule has 0 amide bonds. The van der Waals surface area contributed by atoms with Crippen LogP contribution in [0.25, 0.3) is 11.2 Å². The number of aromatic nitrogens is 4. The number of fused-ring (bicyclic) bond motifs is 3. The number of imidazole rings is 1. The molecule has 0 spiro atoms. The normalized spacial score (nSPS) is 15.8. The van der Waals surface area contributed by atoms with Gasteiger partial charge in [0.25, 0.3) is 5.56 Å². The van der Waals surface area contributed by atoms with Gasteiger partial charge in [-0.1, -0.05) is 48.3 Å². The van der Waals surface area contributed by atoms with Crippen molar-refractivity contribution in [2.45, 2.75) is 26.9 Å². The zero-order valence-electron chi connectivity index (χ0n) is 18.5. The first-order chi connectivity index (χ1) is 15.7. The third-order valence-electron chi connectivity index (χ3n) is 6.08. The molecule has 170 valence electrons. The van der Waals surface area contributed by atoms with E-state index in [4.69, 9.17) is 28.2 Å². The van der Waals surface area contributed by atoms with Crippen LogP contribution in [0.3, 0.4) is 0 Å². The quantitative estimate of drug-likeness (QED) is 0.434. The van der Waals surface area contributed by atoms with Gasteiger partial charge in [-0.15, -0.1) is 0 Å². The fourth-order valence-electron chi connectivity index (χ4n) is 4.48. The van der Waals surface area contributed by atoms with Crippen LogP contribution in [-0.4, -0.2) is 25.2 Å². The molecule has 0 N–H and O–H groups in total. The van der Waals surface area contributed by atoms with E-state index < -0.39 is 5.69 Å². The second-order valence-corrected chi connectivity index (χ2v) is 9.55. The molecule has 2 aromatic carbocycles. The summed E-state index contributed by atoms with van der Waals surface area (Å²) in [6.07, 6.45) is 0. The molecule has 9 heteroatoms. The van der Waals surface area contributed by atoms with Gasteiger partial charge in [0, 0.05) is 25.8 Å². The van der Waals surface area contributed by atoms with E-state index >= 15 is 0 Å². The van der Waals surface area contributed by atoms with Crippen molar-refractivity contribution in [2.75, 3.05) is 11.4 Å². The van der Waals surface area contributed by atoms with Crippen LogP contribution >= 0.6 is 23.2 Å². The van der Waals surface area contributed by atoms with E-state index in [1.165, 1.54) is 9.13 Å². The number of benzene rings is 2. The minimum atomic E-state index is -0.427. The number of hydrogen-bond donors (Lipinski definition) is 0. The Morgan fingerprint density at radius 1 is 1.06 bits per heavy atom. The summed E-state index contributed by atoms with van der Waals surface area (Å²) in [6.45, 7) is 5.71. The lowest BCUT2D eigenvalue weighted by molar-refractivity contribution is 0.458. The molecule has 4 aromatic rings. The third kappa shape index (κ3) is 3.65. The molecule has 0 bridgehead atoms. The van der Waals surface area contributed by atoms with Crippen molar-refractivity contribution in [3.05, 3.63) is 84.5 Å². The van der Waals surface area contributed by atoms with E-state index in [1.807, 2.05) is 29.7 Å². The van der Waals surface area contributed by atoms with Crippen LogP contribution in [0.5, 0.6) is 0 Å². The van der Waals surface area contributed by atoms with E-state index in [1.54, 1.807) is 25.2 Å². The number of halogens is 2. The van der Waals surface area contributed by atoms with Crippen molar-refractivity contribution in [3.63, 3.8) is 0 Å². The molecule has 0 saturated carbocycles. The van der Waals surface area contributed by atoms with E-state index in [0.29, 0.717) is 33.7 Å². The number of rotatable bonds is 3.